The van der Waals surface area contributed by atoms with E-state index in [1.54, 1.807) is 12.1 Å². The van der Waals surface area contributed by atoms with Crippen molar-refractivity contribution in [3.63, 3.8) is 0 Å². The van der Waals surface area contributed by atoms with E-state index in [4.69, 9.17) is 5.11 Å². The zero-order chi connectivity index (χ0) is 14.7. The Hall–Kier alpha value is -2.13. The quantitative estimate of drug-likeness (QED) is 0.938. The average Bonchev–Trinajstić information content (AvgIpc) is 2.69. The van der Waals surface area contributed by atoms with Gasteiger partial charge < -0.3 is 5.11 Å². The van der Waals surface area contributed by atoms with Crippen molar-refractivity contribution >= 4 is 5.97 Å². The first-order chi connectivity index (χ1) is 10.2. The molecule has 0 aromatic heterocycles. The van der Waals surface area contributed by atoms with Gasteiger partial charge in [-0.25, -0.2) is 4.79 Å². The summed E-state index contributed by atoms with van der Waals surface area (Å²) < 4.78 is 0. The van der Waals surface area contributed by atoms with Crippen LogP contribution >= 0.6 is 0 Å². The molecule has 0 bridgehead atoms. The maximum Gasteiger partial charge on any atom is 0.335 e. The molecule has 0 fully saturated rings. The number of aryl methyl sites for hydroxylation is 1. The summed E-state index contributed by atoms with van der Waals surface area (Å²) in [6.45, 7) is 2.92. The van der Waals surface area contributed by atoms with Crippen molar-refractivity contribution in [3.05, 3.63) is 70.8 Å². The number of fused-ring (bicyclic) bond motifs is 1. The molecule has 0 saturated heterocycles. The molecular weight excluding hydrogens is 262 g/mol. The number of carboxylic acids is 1. The maximum atomic E-state index is 10.9. The van der Waals surface area contributed by atoms with Crippen molar-refractivity contribution in [2.24, 2.45) is 0 Å². The summed E-state index contributed by atoms with van der Waals surface area (Å²) in [4.78, 5) is 13.3. The van der Waals surface area contributed by atoms with E-state index in [-0.39, 0.29) is 0 Å². The molecule has 0 saturated carbocycles. The number of nitrogens with zero attached hydrogens (tertiary/aromatic N) is 1. The first-order valence-electron chi connectivity index (χ1n) is 7.34. The predicted octanol–water partition coefficient (Wildman–Crippen LogP) is 3.33. The van der Waals surface area contributed by atoms with Crippen LogP contribution < -0.4 is 0 Å². The van der Waals surface area contributed by atoms with E-state index in [0.717, 1.165) is 26.1 Å². The molecule has 0 spiro atoms. The summed E-state index contributed by atoms with van der Waals surface area (Å²) in [5.74, 6) is -0.870. The number of hydrogen-bond donors (Lipinski definition) is 1. The Morgan fingerprint density at radius 1 is 1.05 bits per heavy atom. The largest absolute Gasteiger partial charge is 0.478 e. The van der Waals surface area contributed by atoms with Crippen LogP contribution in [0.1, 0.15) is 33.5 Å². The molecule has 1 aliphatic rings. The van der Waals surface area contributed by atoms with E-state index < -0.39 is 5.97 Å². The van der Waals surface area contributed by atoms with Crippen LogP contribution in [0, 0.1) is 0 Å². The van der Waals surface area contributed by atoms with E-state index in [9.17, 15) is 4.79 Å². The molecule has 3 rings (SSSR count). The fourth-order valence-corrected chi connectivity index (χ4v) is 2.91. The fraction of sp³-hybridized carbons (Fsp3) is 0.278. The number of carbonyl (C=O) groups is 1. The maximum absolute atomic E-state index is 10.9. The van der Waals surface area contributed by atoms with Gasteiger partial charge in [0, 0.05) is 13.1 Å². The van der Waals surface area contributed by atoms with Crippen LogP contribution in [0.4, 0.5) is 0 Å². The van der Waals surface area contributed by atoms with Gasteiger partial charge in [-0.3, -0.25) is 4.90 Å². The van der Waals surface area contributed by atoms with Crippen LogP contribution in [0.25, 0.3) is 0 Å². The predicted molar refractivity (Wildman–Crippen MR) is 82.3 cm³/mol. The Kier molecular flexibility index (Phi) is 4.02. The van der Waals surface area contributed by atoms with Gasteiger partial charge >= 0.3 is 5.97 Å². The Balaban J connectivity index is 1.71. The lowest BCUT2D eigenvalue weighted by Crippen LogP contribution is -2.22. The summed E-state index contributed by atoms with van der Waals surface area (Å²) in [5.41, 5.74) is 4.39. The van der Waals surface area contributed by atoms with Gasteiger partial charge in [0.05, 0.1) is 5.56 Å². The van der Waals surface area contributed by atoms with Gasteiger partial charge in [0.1, 0.15) is 0 Å². The molecular formula is C18H19NO2. The van der Waals surface area contributed by atoms with Gasteiger partial charge in [0.15, 0.2) is 0 Å². The summed E-state index contributed by atoms with van der Waals surface area (Å²) >= 11 is 0. The Morgan fingerprint density at radius 3 is 2.48 bits per heavy atom. The van der Waals surface area contributed by atoms with Crippen molar-refractivity contribution in [1.29, 1.82) is 0 Å². The molecule has 0 aliphatic carbocycles. The number of benzene rings is 2. The van der Waals surface area contributed by atoms with Gasteiger partial charge in [0.2, 0.25) is 0 Å². The van der Waals surface area contributed by atoms with E-state index >= 15 is 0 Å². The number of rotatable bonds is 3. The van der Waals surface area contributed by atoms with Crippen LogP contribution in [0.15, 0.2) is 48.5 Å². The monoisotopic (exact) mass is 281 g/mol. The summed E-state index contributed by atoms with van der Waals surface area (Å²) in [6, 6.07) is 15.8. The molecule has 0 radical (unpaired) electrons. The minimum absolute atomic E-state index is 0.347. The lowest BCUT2D eigenvalue weighted by atomic mass is 10.0. The second-order valence-electron chi connectivity index (χ2n) is 5.58. The molecule has 2 aromatic carbocycles. The molecule has 3 nitrogen and oxygen atoms in total. The SMILES string of the molecule is O=C(O)c1ccc(CN2CCCc3ccccc3C2)cc1. The van der Waals surface area contributed by atoms with Gasteiger partial charge in [-0.05, 0) is 48.2 Å². The van der Waals surface area contributed by atoms with Gasteiger partial charge in [-0.1, -0.05) is 36.4 Å². The molecule has 108 valence electrons. The van der Waals surface area contributed by atoms with Gasteiger partial charge in [0.25, 0.3) is 0 Å². The topological polar surface area (TPSA) is 40.5 Å². The molecule has 0 atom stereocenters. The third-order valence-corrected chi connectivity index (χ3v) is 4.04. The van der Waals surface area contributed by atoms with Crippen molar-refractivity contribution < 1.29 is 9.90 Å². The molecule has 1 heterocycles. The third-order valence-electron chi connectivity index (χ3n) is 4.04. The number of carboxylic acid groups (broad SMARTS) is 1. The highest BCUT2D eigenvalue weighted by Crippen LogP contribution is 2.20. The van der Waals surface area contributed by atoms with E-state index in [1.165, 1.54) is 23.1 Å². The van der Waals surface area contributed by atoms with E-state index in [0.29, 0.717) is 5.56 Å². The first kappa shape index (κ1) is 13.8. The number of hydrogen-bond acceptors (Lipinski definition) is 2. The average molecular weight is 281 g/mol. The van der Waals surface area contributed by atoms with Gasteiger partial charge in [-0.2, -0.15) is 0 Å². The highest BCUT2D eigenvalue weighted by atomic mass is 16.4. The molecule has 3 heteroatoms. The van der Waals surface area contributed by atoms with Crippen molar-refractivity contribution in [1.82, 2.24) is 4.90 Å². The molecule has 0 unspecified atom stereocenters. The summed E-state index contributed by atoms with van der Waals surface area (Å²) in [5, 5.41) is 8.93. The normalized spacial score (nSPS) is 15.2. The zero-order valence-corrected chi connectivity index (χ0v) is 12.0. The zero-order valence-electron chi connectivity index (χ0n) is 12.0. The van der Waals surface area contributed by atoms with Crippen LogP contribution in [0.3, 0.4) is 0 Å². The highest BCUT2D eigenvalue weighted by molar-refractivity contribution is 5.87. The molecule has 21 heavy (non-hydrogen) atoms. The Morgan fingerprint density at radius 2 is 1.76 bits per heavy atom. The Bertz CT molecular complexity index is 634. The second-order valence-corrected chi connectivity index (χ2v) is 5.58. The smallest absolute Gasteiger partial charge is 0.335 e. The third kappa shape index (κ3) is 3.31. The standard InChI is InChI=1S/C18H19NO2/c20-18(21)16-9-7-14(8-10-16)12-19-11-3-6-15-4-1-2-5-17(15)13-19/h1-2,4-5,7-10H,3,6,11-13H2,(H,20,21). The summed E-state index contributed by atoms with van der Waals surface area (Å²) in [6.07, 6.45) is 2.31. The van der Waals surface area contributed by atoms with E-state index in [1.807, 2.05) is 12.1 Å². The van der Waals surface area contributed by atoms with Crippen molar-refractivity contribution in [3.8, 4) is 0 Å². The Labute approximate surface area is 124 Å². The van der Waals surface area contributed by atoms with E-state index in [2.05, 4.69) is 29.2 Å². The highest BCUT2D eigenvalue weighted by Gasteiger charge is 2.14. The van der Waals surface area contributed by atoms with Crippen molar-refractivity contribution in [2.75, 3.05) is 6.54 Å². The first-order valence-corrected chi connectivity index (χ1v) is 7.34. The van der Waals surface area contributed by atoms with Crippen LogP contribution in [-0.2, 0) is 19.5 Å². The molecule has 1 aliphatic heterocycles. The lowest BCUT2D eigenvalue weighted by molar-refractivity contribution is 0.0697. The van der Waals surface area contributed by atoms with Crippen LogP contribution in [0.5, 0.6) is 0 Å². The second kappa shape index (κ2) is 6.10. The molecule has 2 aromatic rings. The van der Waals surface area contributed by atoms with Gasteiger partial charge in [-0.15, -0.1) is 0 Å². The fourth-order valence-electron chi connectivity index (χ4n) is 2.91. The lowest BCUT2D eigenvalue weighted by Gasteiger charge is -2.20. The van der Waals surface area contributed by atoms with Crippen molar-refractivity contribution in [2.45, 2.75) is 25.9 Å². The summed E-state index contributed by atoms with van der Waals surface area (Å²) in [7, 11) is 0. The number of aromatic carboxylic acids is 1. The van der Waals surface area contributed by atoms with Crippen LogP contribution in [-0.4, -0.2) is 22.5 Å². The van der Waals surface area contributed by atoms with Crippen LogP contribution in [0.2, 0.25) is 0 Å². The molecule has 0 amide bonds. The molecule has 1 N–H and O–H groups in total. The minimum atomic E-state index is -0.870. The minimum Gasteiger partial charge on any atom is -0.478 e.